The van der Waals surface area contributed by atoms with Gasteiger partial charge in [0.05, 0.1) is 12.0 Å². The summed E-state index contributed by atoms with van der Waals surface area (Å²) in [4.78, 5) is 11.5. The highest BCUT2D eigenvalue weighted by atomic mass is 28.3. The predicted octanol–water partition coefficient (Wildman–Crippen LogP) is 2.14. The summed E-state index contributed by atoms with van der Waals surface area (Å²) >= 11 is 0. The molecule has 0 amide bonds. The van der Waals surface area contributed by atoms with Gasteiger partial charge in [0, 0.05) is 0 Å². The van der Waals surface area contributed by atoms with Crippen LogP contribution in [0.15, 0.2) is 16.5 Å². The molecule has 0 aliphatic heterocycles. The van der Waals surface area contributed by atoms with E-state index in [0.717, 1.165) is 6.07 Å². The second-order valence-electron chi connectivity index (χ2n) is 5.34. The van der Waals surface area contributed by atoms with Gasteiger partial charge in [0.25, 0.3) is 0 Å². The second kappa shape index (κ2) is 5.25. The Balaban J connectivity index is 3.33. The van der Waals surface area contributed by atoms with E-state index in [1.807, 2.05) is 19.6 Å². The quantitative estimate of drug-likeness (QED) is 0.684. The molecule has 20 heavy (non-hydrogen) atoms. The van der Waals surface area contributed by atoms with E-state index in [1.54, 1.807) is 0 Å². The normalized spacial score (nSPS) is 15.8. The molecule has 0 radical (unpaired) electrons. The fourth-order valence-electron chi connectivity index (χ4n) is 1.53. The summed E-state index contributed by atoms with van der Waals surface area (Å²) < 4.78 is 48.6. The molecule has 0 aliphatic rings. The van der Waals surface area contributed by atoms with Crippen LogP contribution < -0.4 is 5.38 Å². The highest BCUT2D eigenvalue weighted by molar-refractivity contribution is 6.87. The smallest absolute Gasteiger partial charge is 0.435 e. The summed E-state index contributed by atoms with van der Waals surface area (Å²) in [5.74, 6) is -2.65. The minimum absolute atomic E-state index is 0.279. The lowest BCUT2D eigenvalue weighted by Crippen LogP contribution is -2.50. The molecule has 1 heterocycles. The van der Waals surface area contributed by atoms with Crippen LogP contribution in [0.1, 0.15) is 12.7 Å². The Morgan fingerprint density at radius 1 is 1.35 bits per heavy atom. The molecule has 1 atom stereocenters. The van der Waals surface area contributed by atoms with Gasteiger partial charge in [-0.3, -0.25) is 0 Å². The number of furan rings is 1. The van der Waals surface area contributed by atoms with Crippen molar-refractivity contribution >= 4 is 19.4 Å². The standard InChI is InChI=1S/C12H17F3O4Si/c1-5-18-10(16)11(17,12(13,14)15)8-6-7-9(19-8)20(2,3)4/h6-7,17H,5H2,1-4H3. The van der Waals surface area contributed by atoms with Crippen LogP contribution in [0, 0.1) is 0 Å². The Bertz CT molecular complexity index is 490. The van der Waals surface area contributed by atoms with Crippen LogP contribution >= 0.6 is 0 Å². The topological polar surface area (TPSA) is 59.7 Å². The lowest BCUT2D eigenvalue weighted by molar-refractivity contribution is -0.272. The molecule has 1 rings (SSSR count). The molecule has 0 saturated heterocycles. The van der Waals surface area contributed by atoms with Crippen LogP contribution in [0.4, 0.5) is 13.2 Å². The number of ether oxygens (including phenoxy) is 1. The number of esters is 1. The Morgan fingerprint density at radius 3 is 2.25 bits per heavy atom. The molecule has 1 unspecified atom stereocenters. The maximum absolute atomic E-state index is 13.1. The maximum atomic E-state index is 13.1. The van der Waals surface area contributed by atoms with Crippen molar-refractivity contribution in [3.8, 4) is 0 Å². The summed E-state index contributed by atoms with van der Waals surface area (Å²) in [6, 6.07) is 2.33. The summed E-state index contributed by atoms with van der Waals surface area (Å²) in [5.41, 5.74) is -3.78. The van der Waals surface area contributed by atoms with E-state index >= 15 is 0 Å². The first-order valence-corrected chi connectivity index (χ1v) is 9.51. The molecule has 1 aromatic rings. The number of carbonyl (C=O) groups is 1. The van der Waals surface area contributed by atoms with Crippen molar-refractivity contribution in [3.63, 3.8) is 0 Å². The summed E-state index contributed by atoms with van der Waals surface area (Å²) in [5, 5.41) is 10.2. The molecule has 0 saturated carbocycles. The first kappa shape index (κ1) is 16.8. The van der Waals surface area contributed by atoms with Crippen molar-refractivity contribution in [2.45, 2.75) is 38.3 Å². The Morgan fingerprint density at radius 2 is 1.90 bits per heavy atom. The zero-order valence-corrected chi connectivity index (χ0v) is 12.7. The van der Waals surface area contributed by atoms with E-state index in [0.29, 0.717) is 5.38 Å². The predicted molar refractivity (Wildman–Crippen MR) is 68.3 cm³/mol. The van der Waals surface area contributed by atoms with Gasteiger partial charge in [-0.05, 0) is 19.1 Å². The van der Waals surface area contributed by atoms with Crippen molar-refractivity contribution < 1.29 is 32.2 Å². The SMILES string of the molecule is CCOC(=O)C(O)(c1ccc([Si](C)(C)C)o1)C(F)(F)F. The third-order valence-corrected chi connectivity index (χ3v) is 4.43. The minimum atomic E-state index is -5.23. The summed E-state index contributed by atoms with van der Waals surface area (Å²) in [7, 11) is -2.00. The number of aliphatic hydroxyl groups is 1. The lowest BCUT2D eigenvalue weighted by Gasteiger charge is -2.26. The van der Waals surface area contributed by atoms with Crippen LogP contribution in [0.5, 0.6) is 0 Å². The van der Waals surface area contributed by atoms with Crippen molar-refractivity contribution in [2.75, 3.05) is 6.61 Å². The van der Waals surface area contributed by atoms with Gasteiger partial charge < -0.3 is 14.3 Å². The molecule has 1 N–H and O–H groups in total. The van der Waals surface area contributed by atoms with Crippen molar-refractivity contribution in [3.05, 3.63) is 17.9 Å². The van der Waals surface area contributed by atoms with E-state index in [-0.39, 0.29) is 6.61 Å². The Kier molecular flexibility index (Phi) is 4.40. The number of hydrogen-bond donors (Lipinski definition) is 1. The van der Waals surface area contributed by atoms with Crippen molar-refractivity contribution in [1.29, 1.82) is 0 Å². The largest absolute Gasteiger partial charge is 0.467 e. The maximum Gasteiger partial charge on any atom is 0.435 e. The minimum Gasteiger partial charge on any atom is -0.467 e. The highest BCUT2D eigenvalue weighted by Gasteiger charge is 2.64. The van der Waals surface area contributed by atoms with Gasteiger partial charge in [-0.15, -0.1) is 0 Å². The summed E-state index contributed by atoms with van der Waals surface area (Å²) in [6.45, 7) is 6.68. The number of carbonyl (C=O) groups excluding carboxylic acids is 1. The third-order valence-electron chi connectivity index (χ3n) is 2.68. The number of halogens is 3. The first-order chi connectivity index (χ1) is 8.94. The Labute approximate surface area is 115 Å². The first-order valence-electron chi connectivity index (χ1n) is 6.01. The van der Waals surface area contributed by atoms with E-state index in [9.17, 15) is 23.1 Å². The molecule has 0 aliphatic carbocycles. The average molecular weight is 310 g/mol. The zero-order chi connectivity index (χ0) is 15.8. The number of hydrogen-bond acceptors (Lipinski definition) is 4. The van der Waals surface area contributed by atoms with Crippen molar-refractivity contribution in [2.24, 2.45) is 0 Å². The fraction of sp³-hybridized carbons (Fsp3) is 0.583. The molecule has 0 spiro atoms. The van der Waals surface area contributed by atoms with Gasteiger partial charge in [-0.25, -0.2) is 4.79 Å². The third kappa shape index (κ3) is 2.90. The van der Waals surface area contributed by atoms with Crippen LogP contribution in [-0.2, 0) is 15.1 Å². The molecule has 8 heteroatoms. The molecule has 4 nitrogen and oxygen atoms in total. The fourth-order valence-corrected chi connectivity index (χ4v) is 2.53. The van der Waals surface area contributed by atoms with E-state index in [4.69, 9.17) is 4.42 Å². The van der Waals surface area contributed by atoms with Crippen LogP contribution in [0.2, 0.25) is 19.6 Å². The van der Waals surface area contributed by atoms with E-state index in [2.05, 4.69) is 4.74 Å². The molecular weight excluding hydrogens is 293 g/mol. The monoisotopic (exact) mass is 310 g/mol. The number of alkyl halides is 3. The van der Waals surface area contributed by atoms with Gasteiger partial charge >= 0.3 is 17.7 Å². The van der Waals surface area contributed by atoms with Gasteiger partial charge in [0.15, 0.2) is 5.76 Å². The molecule has 0 bridgehead atoms. The molecule has 0 aromatic carbocycles. The molecule has 0 fully saturated rings. The van der Waals surface area contributed by atoms with Gasteiger partial charge in [0.2, 0.25) is 0 Å². The highest BCUT2D eigenvalue weighted by Crippen LogP contribution is 2.40. The van der Waals surface area contributed by atoms with Gasteiger partial charge in [-0.1, -0.05) is 19.6 Å². The van der Waals surface area contributed by atoms with Gasteiger partial charge in [-0.2, -0.15) is 13.2 Å². The molecular formula is C12H17F3O4Si. The zero-order valence-electron chi connectivity index (χ0n) is 11.7. The molecule has 1 aromatic heterocycles. The lowest BCUT2D eigenvalue weighted by atomic mass is 10.0. The summed E-state index contributed by atoms with van der Waals surface area (Å²) in [6.07, 6.45) is -5.23. The number of rotatable bonds is 4. The second-order valence-corrected chi connectivity index (χ2v) is 10.3. The van der Waals surface area contributed by atoms with Crippen LogP contribution in [0.3, 0.4) is 0 Å². The van der Waals surface area contributed by atoms with Crippen molar-refractivity contribution in [1.82, 2.24) is 0 Å². The van der Waals surface area contributed by atoms with E-state index in [1.165, 1.54) is 13.0 Å². The van der Waals surface area contributed by atoms with Gasteiger partial charge in [0.1, 0.15) is 8.07 Å². The van der Waals surface area contributed by atoms with E-state index < -0.39 is 31.6 Å². The molecule has 114 valence electrons. The van der Waals surface area contributed by atoms with Crippen LogP contribution in [-0.4, -0.2) is 31.9 Å². The Hall–Kier alpha value is -1.28. The average Bonchev–Trinajstić information content (AvgIpc) is 2.75. The van der Waals surface area contributed by atoms with Crippen LogP contribution in [0.25, 0.3) is 0 Å².